The first-order valence-electron chi connectivity index (χ1n) is 12.8. The number of ether oxygens (including phenoxy) is 2. The number of halogens is 4. The Morgan fingerprint density at radius 2 is 1.75 bits per heavy atom. The molecule has 0 bridgehead atoms. The fraction of sp³-hybridized carbons (Fsp3) is 0.250. The molecule has 3 heterocycles. The van der Waals surface area contributed by atoms with E-state index in [2.05, 4.69) is 5.32 Å². The summed E-state index contributed by atoms with van der Waals surface area (Å²) in [4.78, 5) is 51.4. The van der Waals surface area contributed by atoms with Crippen LogP contribution < -0.4 is 10.1 Å². The molecule has 2 aromatic carbocycles. The number of aliphatic carboxylic acids is 1. The van der Waals surface area contributed by atoms with Gasteiger partial charge in [0.05, 0.1) is 45.8 Å². The van der Waals surface area contributed by atoms with Crippen LogP contribution in [-0.2, 0) is 16.1 Å². The Hall–Kier alpha value is -4.47. The molecule has 3 amide bonds. The number of fused-ring (bicyclic) bond motifs is 1. The number of alkyl halides is 3. The molecule has 11 nitrogen and oxygen atoms in total. The maximum absolute atomic E-state index is 13.3. The Bertz CT molecular complexity index is 1590. The molecular weight excluding hydrogens is 629 g/mol. The lowest BCUT2D eigenvalue weighted by molar-refractivity contribution is -0.192. The highest BCUT2D eigenvalue weighted by atomic mass is 35.5. The monoisotopic (exact) mass is 652 g/mol. The molecule has 2 aliphatic heterocycles. The molecule has 1 fully saturated rings. The van der Waals surface area contributed by atoms with E-state index >= 15 is 0 Å². The second-order valence-corrected chi connectivity index (χ2v) is 11.0. The Morgan fingerprint density at radius 1 is 1.07 bits per heavy atom. The van der Waals surface area contributed by atoms with Crippen molar-refractivity contribution in [3.63, 3.8) is 0 Å². The van der Waals surface area contributed by atoms with Gasteiger partial charge in [-0.2, -0.15) is 13.2 Å². The number of amides is 3. The van der Waals surface area contributed by atoms with Gasteiger partial charge in [-0.05, 0) is 42.0 Å². The van der Waals surface area contributed by atoms with E-state index in [1.807, 2.05) is 4.90 Å². The molecule has 1 aromatic heterocycles. The molecule has 3 N–H and O–H groups in total. The van der Waals surface area contributed by atoms with Gasteiger partial charge in [-0.1, -0.05) is 29.8 Å². The minimum atomic E-state index is -5.08. The van der Waals surface area contributed by atoms with Crippen LogP contribution in [0.3, 0.4) is 0 Å². The van der Waals surface area contributed by atoms with Crippen molar-refractivity contribution >= 4 is 58.2 Å². The van der Waals surface area contributed by atoms with Crippen LogP contribution in [0.25, 0.3) is 0 Å². The predicted octanol–water partition coefficient (Wildman–Crippen LogP) is 4.77. The number of morpholine rings is 1. The topological polar surface area (TPSA) is 149 Å². The summed E-state index contributed by atoms with van der Waals surface area (Å²) >= 11 is 7.05. The van der Waals surface area contributed by atoms with Crippen LogP contribution in [0.2, 0.25) is 4.34 Å². The average Bonchev–Trinajstić information content (AvgIpc) is 3.54. The number of nitrogens with one attached hydrogen (secondary N) is 2. The minimum Gasteiger partial charge on any atom is -0.486 e. The van der Waals surface area contributed by atoms with Crippen molar-refractivity contribution in [2.24, 2.45) is 0 Å². The van der Waals surface area contributed by atoms with Crippen molar-refractivity contribution in [2.45, 2.75) is 12.7 Å². The summed E-state index contributed by atoms with van der Waals surface area (Å²) in [6, 6.07) is 15.1. The van der Waals surface area contributed by atoms with Crippen LogP contribution in [0, 0.1) is 5.41 Å². The van der Waals surface area contributed by atoms with E-state index in [0.29, 0.717) is 52.7 Å². The lowest BCUT2D eigenvalue weighted by atomic mass is 10.1. The number of amidine groups is 1. The summed E-state index contributed by atoms with van der Waals surface area (Å²) < 4.78 is 43.3. The van der Waals surface area contributed by atoms with Gasteiger partial charge in [-0.3, -0.25) is 24.7 Å². The van der Waals surface area contributed by atoms with Crippen LogP contribution in [-0.4, -0.2) is 83.5 Å². The van der Waals surface area contributed by atoms with E-state index < -0.39 is 29.9 Å². The number of hydrogen-bond acceptors (Lipinski definition) is 8. The third-order valence-electron chi connectivity index (χ3n) is 6.29. The van der Waals surface area contributed by atoms with Gasteiger partial charge in [-0.25, -0.2) is 4.79 Å². The van der Waals surface area contributed by atoms with Crippen LogP contribution in [0.15, 0.2) is 54.6 Å². The number of carbonyl (C=O) groups excluding carboxylic acids is 3. The highest BCUT2D eigenvalue weighted by molar-refractivity contribution is 7.18. The van der Waals surface area contributed by atoms with E-state index in [4.69, 9.17) is 36.4 Å². The van der Waals surface area contributed by atoms with Crippen LogP contribution >= 0.6 is 22.9 Å². The molecule has 232 valence electrons. The molecule has 3 aromatic rings. The summed E-state index contributed by atoms with van der Waals surface area (Å²) in [5, 5.41) is 18.1. The quantitative estimate of drug-likeness (QED) is 0.188. The van der Waals surface area contributed by atoms with Crippen molar-refractivity contribution in [1.82, 2.24) is 9.80 Å². The number of carboxylic acid groups (broad SMARTS) is 1. The first-order valence-corrected chi connectivity index (χ1v) is 14.0. The molecule has 0 aliphatic carbocycles. The number of carboxylic acids is 1. The Kier molecular flexibility index (Phi) is 10.2. The van der Waals surface area contributed by atoms with Gasteiger partial charge in [0.1, 0.15) is 18.2 Å². The van der Waals surface area contributed by atoms with E-state index in [1.165, 1.54) is 0 Å². The van der Waals surface area contributed by atoms with Crippen molar-refractivity contribution in [3.05, 3.63) is 80.5 Å². The molecule has 16 heteroatoms. The molecule has 0 unspecified atom stereocenters. The lowest BCUT2D eigenvalue weighted by Gasteiger charge is -2.28. The summed E-state index contributed by atoms with van der Waals surface area (Å²) in [6.07, 6.45) is -5.08. The fourth-order valence-corrected chi connectivity index (χ4v) is 5.13. The van der Waals surface area contributed by atoms with Crippen molar-refractivity contribution < 1.29 is 46.9 Å². The summed E-state index contributed by atoms with van der Waals surface area (Å²) in [5.41, 5.74) is 1.36. The van der Waals surface area contributed by atoms with Crippen molar-refractivity contribution in [1.29, 1.82) is 5.41 Å². The second-order valence-electron chi connectivity index (χ2n) is 9.27. The van der Waals surface area contributed by atoms with Gasteiger partial charge in [0, 0.05) is 13.1 Å². The Labute approximate surface area is 257 Å². The van der Waals surface area contributed by atoms with Gasteiger partial charge in [-0.15, -0.1) is 11.3 Å². The molecule has 5 rings (SSSR count). The van der Waals surface area contributed by atoms with Gasteiger partial charge in [0.15, 0.2) is 0 Å². The normalized spacial score (nSPS) is 14.5. The summed E-state index contributed by atoms with van der Waals surface area (Å²) in [7, 11) is 0. The number of rotatable bonds is 7. The Balaban J connectivity index is 0.000000566. The molecule has 0 atom stereocenters. The maximum atomic E-state index is 13.3. The molecular formula is C28H24ClF3N4O7S. The van der Waals surface area contributed by atoms with Gasteiger partial charge < -0.3 is 24.8 Å². The lowest BCUT2D eigenvalue weighted by Crippen LogP contribution is -2.42. The maximum Gasteiger partial charge on any atom is 0.490 e. The molecule has 0 radical (unpaired) electrons. The highest BCUT2D eigenvalue weighted by Crippen LogP contribution is 2.32. The zero-order chi connectivity index (χ0) is 32.0. The van der Waals surface area contributed by atoms with E-state index in [-0.39, 0.29) is 30.0 Å². The average molecular weight is 653 g/mol. The smallest absolute Gasteiger partial charge is 0.486 e. The third-order valence-corrected chi connectivity index (χ3v) is 7.52. The van der Waals surface area contributed by atoms with Gasteiger partial charge in [0.25, 0.3) is 17.7 Å². The fourth-order valence-electron chi connectivity index (χ4n) is 4.19. The van der Waals surface area contributed by atoms with Crippen LogP contribution in [0.1, 0.15) is 36.0 Å². The number of carbonyl (C=O) groups is 4. The number of thiophene rings is 1. The van der Waals surface area contributed by atoms with Gasteiger partial charge in [0.2, 0.25) is 0 Å². The zero-order valence-electron chi connectivity index (χ0n) is 22.7. The van der Waals surface area contributed by atoms with E-state index in [0.717, 1.165) is 16.2 Å². The SMILES string of the molecule is N=C(COc1cccc(CN2C(=O)c3cccc(NC(=O)c4ccc(Cl)s4)c3C2=O)c1)N1CCOCC1.O=C(O)C(F)(F)F. The zero-order valence-corrected chi connectivity index (χ0v) is 24.2. The third kappa shape index (κ3) is 7.92. The van der Waals surface area contributed by atoms with Crippen molar-refractivity contribution in [2.75, 3.05) is 38.2 Å². The first-order chi connectivity index (χ1) is 20.8. The summed E-state index contributed by atoms with van der Waals surface area (Å²) in [5.74, 6) is -3.18. The largest absolute Gasteiger partial charge is 0.490 e. The van der Waals surface area contributed by atoms with Gasteiger partial charge >= 0.3 is 12.1 Å². The highest BCUT2D eigenvalue weighted by Gasteiger charge is 2.39. The molecule has 0 spiro atoms. The molecule has 1 saturated heterocycles. The van der Waals surface area contributed by atoms with Crippen LogP contribution in [0.4, 0.5) is 18.9 Å². The second kappa shape index (κ2) is 13.9. The van der Waals surface area contributed by atoms with Crippen molar-refractivity contribution in [3.8, 4) is 5.75 Å². The van der Waals surface area contributed by atoms with Crippen LogP contribution in [0.5, 0.6) is 5.75 Å². The standard InChI is InChI=1S/C26H23ClN4O5S.C2HF3O2/c27-21-8-7-20(37-21)24(32)29-19-6-2-5-18-23(19)26(34)31(25(18)33)14-16-3-1-4-17(13-16)36-15-22(28)30-9-11-35-12-10-30;3-2(4,5)1(6)7/h1-8,13,28H,9-12,14-15H2,(H,29,32);(H,6,7). The summed E-state index contributed by atoms with van der Waals surface area (Å²) in [6.45, 7) is 2.64. The molecule has 2 aliphatic rings. The Morgan fingerprint density at radius 3 is 2.39 bits per heavy atom. The number of nitrogens with zero attached hydrogens (tertiary/aromatic N) is 2. The number of imide groups is 1. The minimum absolute atomic E-state index is 0.0401. The van der Waals surface area contributed by atoms with E-state index in [1.54, 1.807) is 54.6 Å². The molecule has 0 saturated carbocycles. The van der Waals surface area contributed by atoms with E-state index in [9.17, 15) is 27.6 Å². The first kappa shape index (κ1) is 32.4. The predicted molar refractivity (Wildman–Crippen MR) is 154 cm³/mol. The number of hydrogen-bond donors (Lipinski definition) is 3. The molecule has 44 heavy (non-hydrogen) atoms. The number of anilines is 1. The number of benzene rings is 2.